The molecule has 0 aliphatic heterocycles. The van der Waals surface area contributed by atoms with Crippen LogP contribution in [0.5, 0.6) is 0 Å². The molecule has 0 bridgehead atoms. The lowest BCUT2D eigenvalue weighted by Gasteiger charge is -2.25. The van der Waals surface area contributed by atoms with Crippen molar-refractivity contribution in [3.63, 3.8) is 0 Å². The van der Waals surface area contributed by atoms with E-state index in [9.17, 15) is 0 Å². The lowest BCUT2D eigenvalue weighted by Crippen LogP contribution is -2.41. The molecule has 0 aliphatic rings. The molecule has 0 saturated carbocycles. The van der Waals surface area contributed by atoms with Gasteiger partial charge in [0.1, 0.15) is 12.6 Å². The van der Waals surface area contributed by atoms with E-state index in [1.165, 1.54) is 0 Å². The molecule has 0 saturated heterocycles. The van der Waals surface area contributed by atoms with Crippen LogP contribution in [0.2, 0.25) is 0 Å². The molecular weight excluding hydrogens is 164 g/mol. The molecule has 0 heterocycles. The molecule has 0 radical (unpaired) electrons. The molecule has 0 rings (SSSR count). The molecular formula is C7H16ClN2O+. The summed E-state index contributed by atoms with van der Waals surface area (Å²) in [7, 11) is 5.96. The summed E-state index contributed by atoms with van der Waals surface area (Å²) in [4.78, 5) is 0. The highest BCUT2D eigenvalue weighted by molar-refractivity contribution is 5.85. The summed E-state index contributed by atoms with van der Waals surface area (Å²) in [6.45, 7) is 0.633. The van der Waals surface area contributed by atoms with Gasteiger partial charge in [-0.3, -0.25) is 0 Å². The fraction of sp³-hybridized carbons (Fsp3) is 0.857. The average molecular weight is 180 g/mol. The highest BCUT2D eigenvalue weighted by Crippen LogP contribution is 1.97. The number of hydrogen-bond donors (Lipinski definition) is 1. The highest BCUT2D eigenvalue weighted by atomic mass is 35.5. The van der Waals surface area contributed by atoms with E-state index in [-0.39, 0.29) is 18.8 Å². The van der Waals surface area contributed by atoms with E-state index in [1.807, 2.05) is 27.2 Å². The summed E-state index contributed by atoms with van der Waals surface area (Å²) in [5.41, 5.74) is 0. The second-order valence-electron chi connectivity index (χ2n) is 3.49. The molecule has 1 N–H and O–H groups in total. The number of quaternary nitrogens is 1. The lowest BCUT2D eigenvalue weighted by molar-refractivity contribution is -0.873. The Hall–Kier alpha value is -0.300. The van der Waals surface area contributed by atoms with Crippen molar-refractivity contribution in [2.75, 3.05) is 27.7 Å². The molecule has 0 aromatic rings. The van der Waals surface area contributed by atoms with Crippen LogP contribution >= 0.6 is 12.4 Å². The van der Waals surface area contributed by atoms with E-state index in [0.717, 1.165) is 0 Å². The van der Waals surface area contributed by atoms with E-state index >= 15 is 0 Å². The van der Waals surface area contributed by atoms with Gasteiger partial charge in [-0.2, -0.15) is 5.26 Å². The van der Waals surface area contributed by atoms with Crippen molar-refractivity contribution in [3.8, 4) is 6.07 Å². The van der Waals surface area contributed by atoms with E-state index in [1.54, 1.807) is 0 Å². The first-order chi connectivity index (χ1) is 4.45. The Morgan fingerprint density at radius 3 is 2.18 bits per heavy atom. The summed E-state index contributed by atoms with van der Waals surface area (Å²) >= 11 is 0. The zero-order valence-corrected chi connectivity index (χ0v) is 8.06. The van der Waals surface area contributed by atoms with E-state index in [4.69, 9.17) is 10.4 Å². The molecule has 0 aromatic carbocycles. The maximum atomic E-state index is 9.15. The van der Waals surface area contributed by atoms with Gasteiger partial charge in [0.15, 0.2) is 0 Å². The Labute approximate surface area is 74.2 Å². The van der Waals surface area contributed by atoms with E-state index in [2.05, 4.69) is 0 Å². The van der Waals surface area contributed by atoms with Gasteiger partial charge < -0.3 is 9.59 Å². The van der Waals surface area contributed by atoms with Crippen molar-refractivity contribution in [1.82, 2.24) is 0 Å². The summed E-state index contributed by atoms with van der Waals surface area (Å²) in [5, 5.41) is 17.4. The van der Waals surface area contributed by atoms with Gasteiger partial charge in [-0.15, -0.1) is 12.4 Å². The number of rotatable bonds is 3. The summed E-state index contributed by atoms with van der Waals surface area (Å²) in [5.74, 6) is 0. The fourth-order valence-corrected chi connectivity index (χ4v) is 0.802. The van der Waals surface area contributed by atoms with Crippen LogP contribution in [0.3, 0.4) is 0 Å². The molecule has 11 heavy (non-hydrogen) atoms. The van der Waals surface area contributed by atoms with Gasteiger partial charge in [-0.1, -0.05) is 0 Å². The van der Waals surface area contributed by atoms with Crippen molar-refractivity contribution < 1.29 is 9.59 Å². The third kappa shape index (κ3) is 9.70. The van der Waals surface area contributed by atoms with Gasteiger partial charge in [-0.05, 0) is 0 Å². The van der Waals surface area contributed by atoms with Gasteiger partial charge >= 0.3 is 0 Å². The minimum absolute atomic E-state index is 0. The number of halogens is 1. The number of likely N-dealkylation sites (N-methyl/N-ethyl adjacent to an activating group) is 1. The predicted octanol–water partition coefficient (Wildman–Crippen LogP) is 0.389. The molecule has 4 heteroatoms. The van der Waals surface area contributed by atoms with Crippen LogP contribution in [0.1, 0.15) is 6.42 Å². The SMILES string of the molecule is C[N+](C)(C)CC(O)CC#N.Cl. The topological polar surface area (TPSA) is 44.0 Å². The van der Waals surface area contributed by atoms with Crippen LogP contribution in [0.15, 0.2) is 0 Å². The van der Waals surface area contributed by atoms with Crippen LogP contribution < -0.4 is 0 Å². The number of nitriles is 1. The van der Waals surface area contributed by atoms with Crippen molar-refractivity contribution in [1.29, 1.82) is 5.26 Å². The zero-order chi connectivity index (χ0) is 8.20. The van der Waals surface area contributed by atoms with Crippen LogP contribution in [-0.4, -0.2) is 43.4 Å². The fourth-order valence-electron chi connectivity index (χ4n) is 0.802. The van der Waals surface area contributed by atoms with Crippen molar-refractivity contribution in [2.45, 2.75) is 12.5 Å². The molecule has 0 spiro atoms. The van der Waals surface area contributed by atoms with Gasteiger partial charge in [-0.25, -0.2) is 0 Å². The number of aliphatic hydroxyl groups is 1. The van der Waals surface area contributed by atoms with Gasteiger partial charge in [0.05, 0.1) is 33.6 Å². The van der Waals surface area contributed by atoms with Crippen molar-refractivity contribution in [2.24, 2.45) is 0 Å². The zero-order valence-electron chi connectivity index (χ0n) is 7.24. The minimum atomic E-state index is -0.481. The summed E-state index contributed by atoms with van der Waals surface area (Å²) in [6.07, 6.45) is -0.250. The quantitative estimate of drug-likeness (QED) is 0.637. The summed E-state index contributed by atoms with van der Waals surface area (Å²) in [6, 6.07) is 1.93. The van der Waals surface area contributed by atoms with Crippen LogP contribution in [-0.2, 0) is 0 Å². The first-order valence-corrected chi connectivity index (χ1v) is 3.31. The monoisotopic (exact) mass is 179 g/mol. The molecule has 1 unspecified atom stereocenters. The van der Waals surface area contributed by atoms with Gasteiger partial charge in [0.25, 0.3) is 0 Å². The Bertz CT molecular complexity index is 136. The Kier molecular flexibility index (Phi) is 6.49. The first kappa shape index (κ1) is 13.3. The largest absolute Gasteiger partial charge is 0.386 e. The van der Waals surface area contributed by atoms with Crippen molar-refractivity contribution >= 4 is 12.4 Å². The molecule has 1 atom stereocenters. The number of nitrogens with zero attached hydrogens (tertiary/aromatic N) is 2. The maximum absolute atomic E-state index is 9.15. The predicted molar refractivity (Wildman–Crippen MR) is 46.4 cm³/mol. The smallest absolute Gasteiger partial charge is 0.116 e. The summed E-state index contributed by atoms with van der Waals surface area (Å²) < 4.78 is 0.697. The molecule has 66 valence electrons. The van der Waals surface area contributed by atoms with Gasteiger partial charge in [0.2, 0.25) is 0 Å². The second-order valence-corrected chi connectivity index (χ2v) is 3.49. The highest BCUT2D eigenvalue weighted by Gasteiger charge is 2.14. The second kappa shape index (κ2) is 5.36. The third-order valence-electron chi connectivity index (χ3n) is 1.09. The average Bonchev–Trinajstić information content (AvgIpc) is 1.59. The molecule has 0 aromatic heterocycles. The molecule has 0 fully saturated rings. The number of hydrogen-bond acceptors (Lipinski definition) is 2. The Morgan fingerprint density at radius 1 is 1.45 bits per heavy atom. The van der Waals surface area contributed by atoms with Crippen LogP contribution in [0, 0.1) is 11.3 Å². The molecule has 0 amide bonds. The van der Waals surface area contributed by atoms with Gasteiger partial charge in [0, 0.05) is 0 Å². The van der Waals surface area contributed by atoms with Crippen LogP contribution in [0.4, 0.5) is 0 Å². The third-order valence-corrected chi connectivity index (χ3v) is 1.09. The first-order valence-electron chi connectivity index (χ1n) is 3.31. The van der Waals surface area contributed by atoms with Crippen LogP contribution in [0.25, 0.3) is 0 Å². The molecule has 3 nitrogen and oxygen atoms in total. The normalized spacial score (nSPS) is 13.0. The Balaban J connectivity index is 0. The minimum Gasteiger partial charge on any atom is -0.386 e. The van der Waals surface area contributed by atoms with Crippen molar-refractivity contribution in [3.05, 3.63) is 0 Å². The maximum Gasteiger partial charge on any atom is 0.116 e. The standard InChI is InChI=1S/C7H15N2O.ClH/c1-9(2,3)6-7(10)4-5-8;/h7,10H,4,6H2,1-3H3;1H/q+1;. The number of aliphatic hydroxyl groups excluding tert-OH is 1. The van der Waals surface area contributed by atoms with E-state index < -0.39 is 6.10 Å². The lowest BCUT2D eigenvalue weighted by atomic mass is 10.2. The molecule has 0 aliphatic carbocycles. The van der Waals surface area contributed by atoms with E-state index in [0.29, 0.717) is 11.0 Å². The Morgan fingerprint density at radius 2 is 1.91 bits per heavy atom.